The Balaban J connectivity index is 0.00000110. The topological polar surface area (TPSA) is 44.7 Å². The molecule has 1 amide bonds. The second-order valence-corrected chi connectivity index (χ2v) is 6.27. The number of halogens is 1. The van der Waals surface area contributed by atoms with Gasteiger partial charge in [0.15, 0.2) is 0 Å². The molecular weight excluding hydrogens is 282 g/mol. The molecule has 0 aromatic carbocycles. The fourth-order valence-electron chi connectivity index (χ4n) is 3.05. The molecule has 1 fully saturated rings. The fourth-order valence-corrected chi connectivity index (χ4v) is 4.33. The van der Waals surface area contributed by atoms with Crippen molar-refractivity contribution in [3.05, 3.63) is 16.0 Å². The van der Waals surface area contributed by atoms with Gasteiger partial charge in [-0.3, -0.25) is 10.1 Å². The van der Waals surface area contributed by atoms with Gasteiger partial charge in [0, 0.05) is 17.0 Å². The predicted molar refractivity (Wildman–Crippen MR) is 78.5 cm³/mol. The molecule has 4 nitrogen and oxygen atoms in total. The molecule has 1 aromatic rings. The number of guanidine groups is 1. The number of carbonyl (C=O) groups is 1. The summed E-state index contributed by atoms with van der Waals surface area (Å²) in [5.74, 6) is 0.818. The van der Waals surface area contributed by atoms with Crippen LogP contribution in [0.1, 0.15) is 35.3 Å². The summed E-state index contributed by atoms with van der Waals surface area (Å²) in [6.07, 6.45) is 6.35. The van der Waals surface area contributed by atoms with Gasteiger partial charge in [-0.1, -0.05) is 6.42 Å². The second kappa shape index (κ2) is 4.80. The molecule has 1 N–H and O–H groups in total. The summed E-state index contributed by atoms with van der Waals surface area (Å²) >= 11 is 1.84. The number of fused-ring (bicyclic) bond motifs is 4. The van der Waals surface area contributed by atoms with E-state index >= 15 is 0 Å². The van der Waals surface area contributed by atoms with E-state index in [9.17, 15) is 4.79 Å². The first-order chi connectivity index (χ1) is 8.81. The highest BCUT2D eigenvalue weighted by Crippen LogP contribution is 2.42. The molecule has 102 valence electrons. The summed E-state index contributed by atoms with van der Waals surface area (Å²) in [7, 11) is 0. The van der Waals surface area contributed by atoms with Gasteiger partial charge in [0.2, 0.25) is 11.9 Å². The fraction of sp³-hybridized carbons (Fsp3) is 0.538. The molecule has 1 aromatic heterocycles. The SMILES string of the molecule is Cl.O=C1CN2Cc3c(sc4c3CCCCC4)N=C2N1. The number of nitrogens with zero attached hydrogens (tertiary/aromatic N) is 2. The standard InChI is InChI=1S/C13H15N3OS.ClH/c17-11-7-16-6-9-8-4-2-1-3-5-10(8)18-12(9)15-13(16)14-11;/h1-7H2,(H,14,15,17);1H. The number of aryl methyl sites for hydroxylation is 1. The summed E-state index contributed by atoms with van der Waals surface area (Å²) in [4.78, 5) is 19.6. The molecule has 0 bridgehead atoms. The van der Waals surface area contributed by atoms with Crippen LogP contribution in [0.4, 0.5) is 5.00 Å². The number of hydrogen-bond acceptors (Lipinski definition) is 4. The number of amides is 1. The molecule has 4 rings (SSSR count). The summed E-state index contributed by atoms with van der Waals surface area (Å²) in [6.45, 7) is 1.32. The molecule has 1 saturated heterocycles. The van der Waals surface area contributed by atoms with E-state index in [4.69, 9.17) is 0 Å². The largest absolute Gasteiger partial charge is 0.329 e. The maximum absolute atomic E-state index is 11.4. The molecule has 6 heteroatoms. The van der Waals surface area contributed by atoms with Crippen LogP contribution in [-0.2, 0) is 24.2 Å². The first kappa shape index (κ1) is 12.9. The number of thiophene rings is 1. The van der Waals surface area contributed by atoms with E-state index in [2.05, 4.69) is 15.2 Å². The highest BCUT2D eigenvalue weighted by Gasteiger charge is 2.32. The maximum atomic E-state index is 11.4. The second-order valence-electron chi connectivity index (χ2n) is 5.19. The van der Waals surface area contributed by atoms with Crippen LogP contribution in [0, 0.1) is 0 Å². The van der Waals surface area contributed by atoms with Crippen LogP contribution in [0.5, 0.6) is 0 Å². The Morgan fingerprint density at radius 3 is 2.84 bits per heavy atom. The number of rotatable bonds is 0. The van der Waals surface area contributed by atoms with E-state index < -0.39 is 0 Å². The van der Waals surface area contributed by atoms with Crippen LogP contribution in [0.3, 0.4) is 0 Å². The van der Waals surface area contributed by atoms with Gasteiger partial charge in [0.25, 0.3) is 0 Å². The molecule has 2 aliphatic heterocycles. The van der Waals surface area contributed by atoms with Crippen molar-refractivity contribution in [2.75, 3.05) is 6.54 Å². The van der Waals surface area contributed by atoms with Gasteiger partial charge in [-0.2, -0.15) is 0 Å². The summed E-state index contributed by atoms with van der Waals surface area (Å²) in [6, 6.07) is 0. The van der Waals surface area contributed by atoms with Crippen LogP contribution in [-0.4, -0.2) is 23.3 Å². The van der Waals surface area contributed by atoms with Crippen molar-refractivity contribution >= 4 is 40.6 Å². The van der Waals surface area contributed by atoms with Crippen LogP contribution >= 0.6 is 23.7 Å². The van der Waals surface area contributed by atoms with Gasteiger partial charge < -0.3 is 4.90 Å². The average molecular weight is 298 g/mol. The quantitative estimate of drug-likeness (QED) is 0.747. The molecule has 0 unspecified atom stereocenters. The first-order valence-corrected chi connectivity index (χ1v) is 7.40. The zero-order chi connectivity index (χ0) is 12.1. The minimum absolute atomic E-state index is 0. The monoisotopic (exact) mass is 297 g/mol. The lowest BCUT2D eigenvalue weighted by Gasteiger charge is -2.21. The Morgan fingerprint density at radius 1 is 1.11 bits per heavy atom. The molecule has 0 atom stereocenters. The Kier molecular flexibility index (Phi) is 3.27. The van der Waals surface area contributed by atoms with Crippen molar-refractivity contribution in [2.45, 2.75) is 38.6 Å². The molecule has 0 radical (unpaired) electrons. The van der Waals surface area contributed by atoms with Gasteiger partial charge in [-0.25, -0.2) is 4.99 Å². The molecule has 3 heterocycles. The maximum Gasteiger partial charge on any atom is 0.246 e. The number of carbonyl (C=O) groups excluding carboxylic acids is 1. The van der Waals surface area contributed by atoms with Crippen molar-refractivity contribution in [3.63, 3.8) is 0 Å². The minimum Gasteiger partial charge on any atom is -0.329 e. The van der Waals surface area contributed by atoms with E-state index in [0.717, 1.165) is 17.5 Å². The van der Waals surface area contributed by atoms with Crippen LogP contribution in [0.25, 0.3) is 0 Å². The minimum atomic E-state index is 0. The molecule has 3 aliphatic rings. The van der Waals surface area contributed by atoms with E-state index in [-0.39, 0.29) is 18.3 Å². The number of nitrogens with one attached hydrogen (secondary N) is 1. The normalized spacial score (nSPS) is 20.5. The van der Waals surface area contributed by atoms with E-state index in [1.165, 1.54) is 48.1 Å². The Morgan fingerprint density at radius 2 is 1.95 bits per heavy atom. The van der Waals surface area contributed by atoms with Crippen LogP contribution in [0.2, 0.25) is 0 Å². The Bertz CT molecular complexity index is 566. The zero-order valence-corrected chi connectivity index (χ0v) is 12.2. The smallest absolute Gasteiger partial charge is 0.246 e. The summed E-state index contributed by atoms with van der Waals surface area (Å²) in [5.41, 5.74) is 2.92. The predicted octanol–water partition coefficient (Wildman–Crippen LogP) is 2.37. The average Bonchev–Trinajstić information content (AvgIpc) is 2.76. The summed E-state index contributed by atoms with van der Waals surface area (Å²) in [5, 5.41) is 3.97. The third-order valence-corrected chi connectivity index (χ3v) is 5.18. The van der Waals surface area contributed by atoms with Gasteiger partial charge >= 0.3 is 0 Å². The third kappa shape index (κ3) is 2.05. The number of hydrogen-bond donors (Lipinski definition) is 1. The molecule has 0 saturated carbocycles. The Hall–Kier alpha value is -1.07. The lowest BCUT2D eigenvalue weighted by Crippen LogP contribution is -2.31. The first-order valence-electron chi connectivity index (χ1n) is 6.58. The highest BCUT2D eigenvalue weighted by atomic mass is 35.5. The van der Waals surface area contributed by atoms with Crippen molar-refractivity contribution < 1.29 is 4.79 Å². The van der Waals surface area contributed by atoms with Crippen molar-refractivity contribution in [1.82, 2.24) is 10.2 Å². The third-order valence-electron chi connectivity index (χ3n) is 3.95. The van der Waals surface area contributed by atoms with Gasteiger partial charge in [-0.15, -0.1) is 23.7 Å². The Labute approximate surface area is 122 Å². The van der Waals surface area contributed by atoms with Gasteiger partial charge in [-0.05, 0) is 31.2 Å². The molecular formula is C13H16ClN3OS. The highest BCUT2D eigenvalue weighted by molar-refractivity contribution is 7.16. The van der Waals surface area contributed by atoms with E-state index in [1.807, 2.05) is 11.3 Å². The zero-order valence-electron chi connectivity index (χ0n) is 10.6. The molecule has 1 aliphatic carbocycles. The van der Waals surface area contributed by atoms with Crippen LogP contribution in [0.15, 0.2) is 4.99 Å². The van der Waals surface area contributed by atoms with Crippen molar-refractivity contribution in [3.8, 4) is 0 Å². The summed E-state index contributed by atoms with van der Waals surface area (Å²) < 4.78 is 0. The van der Waals surface area contributed by atoms with E-state index in [0.29, 0.717) is 6.54 Å². The number of aliphatic imine (C=N–C) groups is 1. The van der Waals surface area contributed by atoms with Gasteiger partial charge in [0.1, 0.15) is 11.5 Å². The van der Waals surface area contributed by atoms with Crippen molar-refractivity contribution in [2.24, 2.45) is 4.99 Å². The molecule has 0 spiro atoms. The van der Waals surface area contributed by atoms with Crippen molar-refractivity contribution in [1.29, 1.82) is 0 Å². The van der Waals surface area contributed by atoms with Crippen LogP contribution < -0.4 is 5.32 Å². The molecule has 19 heavy (non-hydrogen) atoms. The van der Waals surface area contributed by atoms with Gasteiger partial charge in [0.05, 0.1) is 0 Å². The van der Waals surface area contributed by atoms with E-state index in [1.54, 1.807) is 0 Å². The lowest BCUT2D eigenvalue weighted by molar-refractivity contribution is -0.118. The lowest BCUT2D eigenvalue weighted by atomic mass is 10.0.